The Morgan fingerprint density at radius 3 is 2.69 bits per heavy atom. The highest BCUT2D eigenvalue weighted by Crippen LogP contribution is 2.32. The Kier molecular flexibility index (Phi) is 5.37. The lowest BCUT2D eigenvalue weighted by molar-refractivity contribution is -0.384. The maximum atomic E-state index is 12.2. The maximum absolute atomic E-state index is 12.2. The van der Waals surface area contributed by atoms with Crippen LogP contribution in [-0.2, 0) is 24.2 Å². The summed E-state index contributed by atoms with van der Waals surface area (Å²) in [5.41, 5.74) is 7.24. The molecule has 3 aromatic rings. The van der Waals surface area contributed by atoms with Crippen molar-refractivity contribution in [2.24, 2.45) is 5.10 Å². The molecule has 7 nitrogen and oxygen atoms in total. The number of benzene rings is 2. The monoisotopic (exact) mass is 390 g/mol. The first kappa shape index (κ1) is 18.9. The molecule has 0 spiro atoms. The van der Waals surface area contributed by atoms with Crippen LogP contribution in [0.2, 0.25) is 0 Å². The maximum Gasteiger partial charge on any atom is 0.269 e. The third-order valence-electron chi connectivity index (χ3n) is 5.35. The van der Waals surface area contributed by atoms with Gasteiger partial charge in [-0.25, -0.2) is 5.43 Å². The molecule has 0 unspecified atom stereocenters. The lowest BCUT2D eigenvalue weighted by Gasteiger charge is -2.15. The topological polar surface area (TPSA) is 89.5 Å². The van der Waals surface area contributed by atoms with E-state index in [1.807, 2.05) is 6.07 Å². The van der Waals surface area contributed by atoms with Crippen molar-refractivity contribution in [1.82, 2.24) is 9.99 Å². The van der Waals surface area contributed by atoms with Gasteiger partial charge in [0.1, 0.15) is 0 Å². The van der Waals surface area contributed by atoms with Crippen LogP contribution in [0.4, 0.5) is 5.69 Å². The number of rotatable bonds is 6. The number of aromatic nitrogens is 1. The molecule has 0 atom stereocenters. The number of nitro groups is 1. The lowest BCUT2D eigenvalue weighted by Crippen LogP contribution is -2.20. The van der Waals surface area contributed by atoms with Gasteiger partial charge in [-0.15, -0.1) is 0 Å². The summed E-state index contributed by atoms with van der Waals surface area (Å²) < 4.78 is 2.28. The van der Waals surface area contributed by atoms with Crippen LogP contribution in [0.3, 0.4) is 0 Å². The van der Waals surface area contributed by atoms with E-state index in [1.165, 1.54) is 53.3 Å². The fourth-order valence-corrected chi connectivity index (χ4v) is 3.97. The average molecular weight is 390 g/mol. The Morgan fingerprint density at radius 1 is 1.14 bits per heavy atom. The molecule has 29 heavy (non-hydrogen) atoms. The smallest absolute Gasteiger partial charge is 0.269 e. The molecule has 7 heteroatoms. The minimum atomic E-state index is -0.452. The molecule has 4 rings (SSSR count). The molecule has 1 heterocycles. The number of nitro benzene ring substituents is 1. The molecule has 0 aliphatic heterocycles. The minimum Gasteiger partial charge on any atom is -0.344 e. The largest absolute Gasteiger partial charge is 0.344 e. The van der Waals surface area contributed by atoms with Gasteiger partial charge >= 0.3 is 0 Å². The van der Waals surface area contributed by atoms with Gasteiger partial charge in [-0.2, -0.15) is 5.10 Å². The number of carbonyl (C=O) groups is 1. The van der Waals surface area contributed by atoms with E-state index in [-0.39, 0.29) is 11.6 Å². The van der Waals surface area contributed by atoms with Crippen molar-refractivity contribution in [3.8, 4) is 0 Å². The Bertz CT molecular complexity index is 1080. The van der Waals surface area contributed by atoms with E-state index in [2.05, 4.69) is 33.3 Å². The Balaban J connectivity index is 1.39. The molecule has 1 amide bonds. The van der Waals surface area contributed by atoms with E-state index in [0.29, 0.717) is 18.5 Å². The molecule has 2 aromatic carbocycles. The first-order valence-electron chi connectivity index (χ1n) is 9.79. The Hall–Kier alpha value is -3.48. The zero-order valence-corrected chi connectivity index (χ0v) is 16.0. The highest BCUT2D eigenvalue weighted by atomic mass is 16.6. The van der Waals surface area contributed by atoms with E-state index in [0.717, 1.165) is 12.8 Å². The summed E-state index contributed by atoms with van der Waals surface area (Å²) in [6, 6.07) is 14.4. The van der Waals surface area contributed by atoms with Crippen LogP contribution < -0.4 is 5.43 Å². The van der Waals surface area contributed by atoms with E-state index in [4.69, 9.17) is 0 Å². The van der Waals surface area contributed by atoms with Crippen molar-refractivity contribution < 1.29 is 9.72 Å². The van der Waals surface area contributed by atoms with Gasteiger partial charge in [0, 0.05) is 41.7 Å². The zero-order valence-electron chi connectivity index (χ0n) is 16.0. The molecule has 1 aliphatic rings. The molecule has 148 valence electrons. The Morgan fingerprint density at radius 2 is 1.90 bits per heavy atom. The summed E-state index contributed by atoms with van der Waals surface area (Å²) in [6.07, 6.45) is 6.39. The van der Waals surface area contributed by atoms with Crippen molar-refractivity contribution in [2.75, 3.05) is 0 Å². The van der Waals surface area contributed by atoms with Gasteiger partial charge < -0.3 is 4.57 Å². The van der Waals surface area contributed by atoms with E-state index >= 15 is 0 Å². The molecule has 0 radical (unpaired) electrons. The second-order valence-electron chi connectivity index (χ2n) is 7.19. The number of nitrogens with one attached hydrogen (secondary N) is 1. The van der Waals surface area contributed by atoms with Crippen molar-refractivity contribution in [3.63, 3.8) is 0 Å². The molecular weight excluding hydrogens is 368 g/mol. The first-order chi connectivity index (χ1) is 14.1. The average Bonchev–Trinajstić information content (AvgIpc) is 3.06. The molecule has 0 saturated heterocycles. The Labute approximate surface area is 168 Å². The van der Waals surface area contributed by atoms with Gasteiger partial charge in [-0.1, -0.05) is 18.2 Å². The lowest BCUT2D eigenvalue weighted by atomic mass is 9.95. The number of hydrogen-bond acceptors (Lipinski definition) is 4. The standard InChI is InChI=1S/C22H22N4O3/c27-22(24-23-15-16-9-11-17(12-10-16)26(28)29)13-14-25-20-7-3-1-5-18(20)19-6-2-4-8-21(19)25/h1,3,5,7,9-12,15H,2,4,6,8,13-14H2,(H,24,27)/b23-15-. The van der Waals surface area contributed by atoms with Gasteiger partial charge in [0.15, 0.2) is 0 Å². The number of hydrogen-bond donors (Lipinski definition) is 1. The summed E-state index contributed by atoms with van der Waals surface area (Å²) in [4.78, 5) is 22.5. The van der Waals surface area contributed by atoms with E-state index in [9.17, 15) is 14.9 Å². The quantitative estimate of drug-likeness (QED) is 0.392. The van der Waals surface area contributed by atoms with Crippen LogP contribution in [0.1, 0.15) is 36.1 Å². The number of aryl methyl sites for hydroxylation is 2. The number of non-ortho nitro benzene ring substituents is 1. The van der Waals surface area contributed by atoms with Gasteiger partial charge in [0.2, 0.25) is 5.91 Å². The van der Waals surface area contributed by atoms with Gasteiger partial charge in [-0.3, -0.25) is 14.9 Å². The fraction of sp³-hybridized carbons (Fsp3) is 0.273. The van der Waals surface area contributed by atoms with Gasteiger partial charge in [0.05, 0.1) is 11.1 Å². The third-order valence-corrected chi connectivity index (χ3v) is 5.35. The number of para-hydroxylation sites is 1. The number of amides is 1. The molecule has 1 N–H and O–H groups in total. The predicted molar refractivity (Wildman–Crippen MR) is 112 cm³/mol. The van der Waals surface area contributed by atoms with Crippen LogP contribution in [-0.4, -0.2) is 21.6 Å². The number of carbonyl (C=O) groups excluding carboxylic acids is 1. The van der Waals surface area contributed by atoms with Crippen molar-refractivity contribution in [3.05, 3.63) is 75.5 Å². The highest BCUT2D eigenvalue weighted by Gasteiger charge is 2.19. The second kappa shape index (κ2) is 8.26. The molecule has 0 fully saturated rings. The normalized spacial score (nSPS) is 13.5. The van der Waals surface area contributed by atoms with Crippen molar-refractivity contribution >= 4 is 28.7 Å². The zero-order chi connectivity index (χ0) is 20.2. The van der Waals surface area contributed by atoms with Crippen LogP contribution in [0.25, 0.3) is 10.9 Å². The van der Waals surface area contributed by atoms with Crippen molar-refractivity contribution in [2.45, 2.75) is 38.6 Å². The molecule has 0 bridgehead atoms. The molecular formula is C22H22N4O3. The number of fused-ring (bicyclic) bond motifs is 3. The third kappa shape index (κ3) is 4.03. The predicted octanol–water partition coefficient (Wildman–Crippen LogP) is 3.97. The second-order valence-corrected chi connectivity index (χ2v) is 7.19. The van der Waals surface area contributed by atoms with E-state index in [1.54, 1.807) is 12.1 Å². The number of hydrazone groups is 1. The summed E-state index contributed by atoms with van der Waals surface area (Å²) in [5.74, 6) is -0.162. The van der Waals surface area contributed by atoms with E-state index < -0.39 is 4.92 Å². The minimum absolute atomic E-state index is 0.0217. The molecule has 1 aromatic heterocycles. The summed E-state index contributed by atoms with van der Waals surface area (Å²) >= 11 is 0. The highest BCUT2D eigenvalue weighted by molar-refractivity contribution is 5.86. The van der Waals surface area contributed by atoms with Crippen LogP contribution in [0.15, 0.2) is 53.6 Å². The van der Waals surface area contributed by atoms with Crippen LogP contribution in [0, 0.1) is 10.1 Å². The SMILES string of the molecule is O=C(CCn1c2c(c3ccccc31)CCCC2)N/N=C\c1ccc([N+](=O)[O-])cc1. The van der Waals surface area contributed by atoms with Crippen LogP contribution >= 0.6 is 0 Å². The first-order valence-corrected chi connectivity index (χ1v) is 9.79. The van der Waals surface area contributed by atoms with Crippen molar-refractivity contribution in [1.29, 1.82) is 0 Å². The fourth-order valence-electron chi connectivity index (χ4n) is 3.97. The summed E-state index contributed by atoms with van der Waals surface area (Å²) in [7, 11) is 0. The van der Waals surface area contributed by atoms with Gasteiger partial charge in [-0.05, 0) is 55.0 Å². The summed E-state index contributed by atoms with van der Waals surface area (Å²) in [6.45, 7) is 0.620. The number of nitrogens with zero attached hydrogens (tertiary/aromatic N) is 3. The summed E-state index contributed by atoms with van der Waals surface area (Å²) in [5, 5.41) is 15.9. The molecule has 1 aliphatic carbocycles. The molecule has 0 saturated carbocycles. The van der Waals surface area contributed by atoms with Gasteiger partial charge in [0.25, 0.3) is 5.69 Å². The van der Waals surface area contributed by atoms with Crippen LogP contribution in [0.5, 0.6) is 0 Å².